The number of phenols is 2. The molecule has 0 saturated carbocycles. The summed E-state index contributed by atoms with van der Waals surface area (Å²) in [6, 6.07) is 5.58. The molecule has 1 amide bonds. The number of aromatic hydroxyl groups is 2. The number of amides is 1. The van der Waals surface area contributed by atoms with Gasteiger partial charge < -0.3 is 19.8 Å². The maximum Gasteiger partial charge on any atom is 0.409 e. The molecule has 0 atom stereocenters. The molecule has 1 saturated heterocycles. The fourth-order valence-corrected chi connectivity index (χ4v) is 2.31. The molecule has 1 aromatic carbocycles. The monoisotopic (exact) mass is 339 g/mol. The van der Waals surface area contributed by atoms with Crippen LogP contribution in [0, 0.1) is 6.07 Å². The normalized spacial score (nSPS) is 15.7. The van der Waals surface area contributed by atoms with E-state index in [9.17, 15) is 15.0 Å². The number of piperidine rings is 1. The molecular weight excluding hydrogens is 323 g/mol. The van der Waals surface area contributed by atoms with E-state index in [1.165, 1.54) is 13.2 Å². The maximum atomic E-state index is 11.3. The number of hydrogen-bond acceptors (Lipinski definition) is 4. The van der Waals surface area contributed by atoms with Crippen molar-refractivity contribution in [2.75, 3.05) is 20.2 Å². The Kier molecular flexibility index (Phi) is 6.08. The predicted molar refractivity (Wildman–Crippen MR) is 64.6 cm³/mol. The van der Waals surface area contributed by atoms with Crippen LogP contribution >= 0.6 is 0 Å². The number of hydrogen-bond donors (Lipinski definition) is 2. The maximum absolute atomic E-state index is 11.3. The first-order chi connectivity index (χ1) is 8.61. The van der Waals surface area contributed by atoms with Gasteiger partial charge in [0.05, 0.1) is 7.11 Å². The Morgan fingerprint density at radius 1 is 1.42 bits per heavy atom. The molecule has 6 heteroatoms. The molecule has 1 radical (unpaired) electrons. The summed E-state index contributed by atoms with van der Waals surface area (Å²) in [6.07, 6.45) is 1.22. The molecule has 1 heterocycles. The molecule has 2 rings (SSSR count). The Labute approximate surface area is 137 Å². The first kappa shape index (κ1) is 16.2. The van der Waals surface area contributed by atoms with Crippen LogP contribution in [0.3, 0.4) is 0 Å². The predicted octanol–water partition coefficient (Wildman–Crippen LogP) is 1.84. The molecule has 0 aromatic heterocycles. The summed E-state index contributed by atoms with van der Waals surface area (Å²) in [6.45, 7) is 1.22. The Balaban J connectivity index is 0.00000180. The van der Waals surface area contributed by atoms with Gasteiger partial charge in [-0.05, 0) is 12.8 Å². The van der Waals surface area contributed by atoms with Crippen molar-refractivity contribution in [1.82, 2.24) is 4.90 Å². The smallest absolute Gasteiger partial charge is 0.409 e. The van der Waals surface area contributed by atoms with Crippen molar-refractivity contribution in [1.29, 1.82) is 0 Å². The Bertz CT molecular complexity index is 444. The zero-order chi connectivity index (χ0) is 13.1. The van der Waals surface area contributed by atoms with Gasteiger partial charge in [-0.2, -0.15) is 6.07 Å². The number of carbonyl (C=O) groups excluding carboxylic acids is 1. The molecule has 101 valence electrons. The summed E-state index contributed by atoms with van der Waals surface area (Å²) < 4.78 is 4.67. The van der Waals surface area contributed by atoms with Gasteiger partial charge in [0, 0.05) is 57.3 Å². The molecule has 0 aliphatic carbocycles. The fraction of sp³-hybridized carbons (Fsp3) is 0.462. The number of nitrogens with zero attached hydrogens (tertiary/aromatic N) is 1. The van der Waals surface area contributed by atoms with Crippen LogP contribution in [0.5, 0.6) is 11.5 Å². The summed E-state index contributed by atoms with van der Waals surface area (Å²) in [5.41, 5.74) is 0.775. The van der Waals surface area contributed by atoms with Crippen LogP contribution in [0.1, 0.15) is 24.3 Å². The van der Waals surface area contributed by atoms with Gasteiger partial charge in [-0.15, -0.1) is 11.6 Å². The number of methoxy groups -OCH3 is 1. The Hall–Kier alpha value is -0.806. The summed E-state index contributed by atoms with van der Waals surface area (Å²) >= 11 is 0. The number of phenolic OH excluding ortho intramolecular Hbond substituents is 2. The molecule has 5 nitrogen and oxygen atoms in total. The largest absolute Gasteiger partial charge is 0.534 e. The Morgan fingerprint density at radius 3 is 2.58 bits per heavy atom. The first-order valence-electron chi connectivity index (χ1n) is 5.88. The van der Waals surface area contributed by atoms with Crippen molar-refractivity contribution < 1.29 is 52.5 Å². The zero-order valence-electron chi connectivity index (χ0n) is 10.8. The van der Waals surface area contributed by atoms with E-state index in [-0.39, 0.29) is 56.2 Å². The van der Waals surface area contributed by atoms with E-state index in [0.29, 0.717) is 13.1 Å². The third kappa shape index (κ3) is 3.83. The van der Waals surface area contributed by atoms with Crippen LogP contribution in [0.2, 0.25) is 0 Å². The van der Waals surface area contributed by atoms with Crippen LogP contribution in [-0.4, -0.2) is 41.4 Å². The third-order valence-electron chi connectivity index (χ3n) is 3.31. The van der Waals surface area contributed by atoms with Crippen molar-refractivity contribution in [3.05, 3.63) is 23.8 Å². The van der Waals surface area contributed by atoms with Crippen molar-refractivity contribution in [2.24, 2.45) is 0 Å². The van der Waals surface area contributed by atoms with Gasteiger partial charge in [-0.25, -0.2) is 4.79 Å². The second kappa shape index (κ2) is 7.10. The van der Waals surface area contributed by atoms with Gasteiger partial charge in [-0.3, -0.25) is 0 Å². The van der Waals surface area contributed by atoms with Gasteiger partial charge >= 0.3 is 6.09 Å². The number of carbonyl (C=O) groups is 1. The second-order valence-electron chi connectivity index (χ2n) is 4.39. The van der Waals surface area contributed by atoms with E-state index in [4.69, 9.17) is 0 Å². The summed E-state index contributed by atoms with van der Waals surface area (Å²) in [5, 5.41) is 19.0. The summed E-state index contributed by atoms with van der Waals surface area (Å²) in [5.74, 6) is 0.203. The molecule has 0 bridgehead atoms. The van der Waals surface area contributed by atoms with Crippen molar-refractivity contribution in [2.45, 2.75) is 18.8 Å². The van der Waals surface area contributed by atoms with E-state index >= 15 is 0 Å². The molecule has 1 aliphatic rings. The molecule has 1 aliphatic heterocycles. The minimum absolute atomic E-state index is 0. The number of likely N-dealkylation sites (tertiary alicyclic amines) is 1. The quantitative estimate of drug-likeness (QED) is 0.766. The molecule has 1 fully saturated rings. The van der Waals surface area contributed by atoms with Crippen molar-refractivity contribution in [3.63, 3.8) is 0 Å². The van der Waals surface area contributed by atoms with E-state index in [1.54, 1.807) is 11.0 Å². The zero-order valence-corrected chi connectivity index (χ0v) is 13.6. The van der Waals surface area contributed by atoms with Gasteiger partial charge in [0.2, 0.25) is 0 Å². The van der Waals surface area contributed by atoms with Crippen LogP contribution in [0.4, 0.5) is 4.79 Å². The molecule has 0 unspecified atom stereocenters. The van der Waals surface area contributed by atoms with E-state index in [2.05, 4.69) is 10.8 Å². The number of ether oxygens (including phenoxy) is 1. The van der Waals surface area contributed by atoms with Gasteiger partial charge in [-0.1, -0.05) is 12.0 Å². The standard InChI is InChI=1S/C13H16NO4.Y/c1-18-13(17)14-6-4-9(5-7-14)11-3-2-10(15)8-12(11)16;/h3,8-9,15-16H,4-7H2,1H3;/q-1;. The fourth-order valence-electron chi connectivity index (χ4n) is 2.31. The third-order valence-corrected chi connectivity index (χ3v) is 3.31. The Morgan fingerprint density at radius 2 is 2.05 bits per heavy atom. The number of rotatable bonds is 1. The molecule has 1 aromatic rings. The average Bonchev–Trinajstić information content (AvgIpc) is 2.38. The minimum Gasteiger partial charge on any atom is -0.534 e. The van der Waals surface area contributed by atoms with E-state index < -0.39 is 0 Å². The molecular formula is C13H16NO4Y-. The summed E-state index contributed by atoms with van der Waals surface area (Å²) in [4.78, 5) is 13.0. The van der Waals surface area contributed by atoms with Gasteiger partial charge in [0.25, 0.3) is 0 Å². The first-order valence-corrected chi connectivity index (χ1v) is 5.88. The van der Waals surface area contributed by atoms with Gasteiger partial charge in [0.1, 0.15) is 0 Å². The van der Waals surface area contributed by atoms with Crippen molar-refractivity contribution in [3.8, 4) is 11.5 Å². The van der Waals surface area contributed by atoms with Crippen LogP contribution in [-0.2, 0) is 37.4 Å². The van der Waals surface area contributed by atoms with Crippen LogP contribution in [0.25, 0.3) is 0 Å². The topological polar surface area (TPSA) is 70.0 Å². The molecule has 2 N–H and O–H groups in total. The van der Waals surface area contributed by atoms with Gasteiger partial charge in [0.15, 0.2) is 0 Å². The second-order valence-corrected chi connectivity index (χ2v) is 4.39. The van der Waals surface area contributed by atoms with Crippen LogP contribution < -0.4 is 0 Å². The van der Waals surface area contributed by atoms with Crippen molar-refractivity contribution >= 4 is 6.09 Å². The minimum atomic E-state index is -0.310. The van der Waals surface area contributed by atoms with Crippen LogP contribution in [0.15, 0.2) is 12.1 Å². The molecule has 0 spiro atoms. The molecule has 19 heavy (non-hydrogen) atoms. The summed E-state index contributed by atoms with van der Waals surface area (Å²) in [7, 11) is 1.37. The van der Waals surface area contributed by atoms with E-state index in [1.807, 2.05) is 0 Å². The van der Waals surface area contributed by atoms with E-state index in [0.717, 1.165) is 18.4 Å². The SMILES string of the molecule is COC(=O)N1CCC(c2c[c-]c(O)cc2O)CC1.[Y]. The number of benzene rings is 1. The average molecular weight is 339 g/mol.